The Bertz CT molecular complexity index is 1300. The molecule has 2 aromatic rings. The van der Waals surface area contributed by atoms with Crippen LogP contribution in [0.2, 0.25) is 0 Å². The molecule has 10 nitrogen and oxygen atoms in total. The van der Waals surface area contributed by atoms with Gasteiger partial charge in [-0.3, -0.25) is 4.79 Å². The summed E-state index contributed by atoms with van der Waals surface area (Å²) >= 11 is 0. The lowest BCUT2D eigenvalue weighted by molar-refractivity contribution is -0.338. The smallest absolute Gasteiger partial charge is 0.306 e. The fourth-order valence-electron chi connectivity index (χ4n) is 5.97. The molecule has 0 aliphatic carbocycles. The van der Waals surface area contributed by atoms with Crippen molar-refractivity contribution in [2.45, 2.75) is 87.2 Å². The summed E-state index contributed by atoms with van der Waals surface area (Å²) in [6, 6.07) is 7.75. The van der Waals surface area contributed by atoms with Crippen molar-refractivity contribution in [3.05, 3.63) is 57.6 Å². The molecule has 0 saturated carbocycles. The number of aromatic hydroxyl groups is 2. The zero-order valence-corrected chi connectivity index (χ0v) is 29.4. The molecule has 2 heterocycles. The highest BCUT2D eigenvalue weighted by Gasteiger charge is 2.48. The third-order valence-electron chi connectivity index (χ3n) is 8.94. The minimum absolute atomic E-state index is 0.167. The lowest BCUT2D eigenvalue weighted by Crippen LogP contribution is -2.57. The fourth-order valence-corrected chi connectivity index (χ4v) is 5.97. The van der Waals surface area contributed by atoms with E-state index in [-0.39, 0.29) is 25.8 Å². The van der Waals surface area contributed by atoms with Crippen LogP contribution in [0.25, 0.3) is 0 Å². The monoisotopic (exact) mass is 658 g/mol. The Labute approximate surface area is 279 Å². The van der Waals surface area contributed by atoms with Crippen LogP contribution in [0.4, 0.5) is 0 Å². The minimum atomic E-state index is -0.550. The molecule has 2 N–H and O–H groups in total. The predicted molar refractivity (Wildman–Crippen MR) is 176 cm³/mol. The summed E-state index contributed by atoms with van der Waals surface area (Å²) in [5, 5.41) is 19.9. The van der Waals surface area contributed by atoms with Gasteiger partial charge >= 0.3 is 5.97 Å². The van der Waals surface area contributed by atoms with Gasteiger partial charge in [0.2, 0.25) is 0 Å². The minimum Gasteiger partial charge on any atom is -0.507 e. The van der Waals surface area contributed by atoms with E-state index >= 15 is 0 Å². The molecule has 2 aliphatic heterocycles. The Hall–Kier alpha value is -2.73. The van der Waals surface area contributed by atoms with E-state index in [1.165, 1.54) is 0 Å². The fraction of sp³-hybridized carbons (Fsp3) is 0.649. The summed E-state index contributed by atoms with van der Waals surface area (Å²) in [4.78, 5) is 12.5. The summed E-state index contributed by atoms with van der Waals surface area (Å²) in [6.07, 6.45) is 0.548. The van der Waals surface area contributed by atoms with Gasteiger partial charge in [-0.2, -0.15) is 0 Å². The molecule has 4 rings (SSSR count). The van der Waals surface area contributed by atoms with Crippen molar-refractivity contribution in [1.29, 1.82) is 0 Å². The van der Waals surface area contributed by atoms with Gasteiger partial charge in [0.15, 0.2) is 12.6 Å². The Morgan fingerprint density at radius 2 is 1.15 bits per heavy atom. The molecule has 2 saturated heterocycles. The second-order valence-corrected chi connectivity index (χ2v) is 14.8. The third-order valence-corrected chi connectivity index (χ3v) is 8.94. The van der Waals surface area contributed by atoms with Crippen LogP contribution >= 0.6 is 0 Å². The van der Waals surface area contributed by atoms with E-state index in [2.05, 4.69) is 0 Å². The van der Waals surface area contributed by atoms with E-state index < -0.39 is 28.8 Å². The Balaban J connectivity index is 1.12. The Kier molecular flexibility index (Phi) is 12.4. The SMILES string of the molecule is Cc1cc(CCOCOCC(C)(C)C2OCC3(CO2)COC(C(C)(C)COC(=O)CCc2cc(C)c(O)c(C)c2)OC3)cc(C)c1O. The maximum Gasteiger partial charge on any atom is 0.306 e. The first-order valence-corrected chi connectivity index (χ1v) is 16.5. The second-order valence-electron chi connectivity index (χ2n) is 14.8. The molecule has 2 fully saturated rings. The molecular weight excluding hydrogens is 604 g/mol. The van der Waals surface area contributed by atoms with Crippen LogP contribution in [0.15, 0.2) is 24.3 Å². The third kappa shape index (κ3) is 9.90. The average molecular weight is 659 g/mol. The van der Waals surface area contributed by atoms with Crippen molar-refractivity contribution >= 4 is 5.97 Å². The van der Waals surface area contributed by atoms with Gasteiger partial charge in [0.25, 0.3) is 0 Å². The number of ether oxygens (including phenoxy) is 7. The largest absolute Gasteiger partial charge is 0.507 e. The van der Waals surface area contributed by atoms with Crippen molar-refractivity contribution in [1.82, 2.24) is 0 Å². The topological polar surface area (TPSA) is 122 Å². The maximum atomic E-state index is 12.5. The molecule has 2 aliphatic rings. The summed E-state index contributed by atoms with van der Waals surface area (Å²) in [5.74, 6) is 0.347. The maximum absolute atomic E-state index is 12.5. The highest BCUT2D eigenvalue weighted by Crippen LogP contribution is 2.38. The number of hydrogen-bond acceptors (Lipinski definition) is 10. The lowest BCUT2D eigenvalue weighted by atomic mass is 9.86. The zero-order valence-electron chi connectivity index (χ0n) is 29.4. The summed E-state index contributed by atoms with van der Waals surface area (Å²) < 4.78 is 41.8. The van der Waals surface area contributed by atoms with E-state index in [0.29, 0.717) is 57.6 Å². The van der Waals surface area contributed by atoms with Crippen molar-refractivity contribution in [2.75, 3.05) is 53.0 Å². The summed E-state index contributed by atoms with van der Waals surface area (Å²) in [5.41, 5.74) is 4.07. The van der Waals surface area contributed by atoms with E-state index in [1.54, 1.807) is 0 Å². The van der Waals surface area contributed by atoms with E-state index in [9.17, 15) is 15.0 Å². The van der Waals surface area contributed by atoms with Crippen LogP contribution in [0, 0.1) is 43.9 Å². The normalized spacial score (nSPS) is 22.0. The first kappa shape index (κ1) is 37.1. The second kappa shape index (κ2) is 15.7. The molecular formula is C37H54O10. The number of carbonyl (C=O) groups excluding carboxylic acids is 1. The van der Waals surface area contributed by atoms with E-state index in [4.69, 9.17) is 33.2 Å². The summed E-state index contributed by atoms with van der Waals surface area (Å²) in [7, 11) is 0. The van der Waals surface area contributed by atoms with Gasteiger partial charge in [-0.25, -0.2) is 0 Å². The average Bonchev–Trinajstić information content (AvgIpc) is 3.02. The first-order valence-electron chi connectivity index (χ1n) is 16.5. The van der Waals surface area contributed by atoms with Crippen LogP contribution in [0.3, 0.4) is 0 Å². The molecule has 0 bridgehead atoms. The van der Waals surface area contributed by atoms with Gasteiger partial charge < -0.3 is 43.4 Å². The molecule has 2 aromatic carbocycles. The van der Waals surface area contributed by atoms with Gasteiger partial charge in [0.1, 0.15) is 24.9 Å². The number of phenols is 2. The molecule has 0 unspecified atom stereocenters. The molecule has 1 spiro atoms. The molecule has 47 heavy (non-hydrogen) atoms. The number of carbonyl (C=O) groups is 1. The van der Waals surface area contributed by atoms with Gasteiger partial charge in [-0.15, -0.1) is 0 Å². The number of aryl methyl sites for hydroxylation is 5. The van der Waals surface area contributed by atoms with Crippen LogP contribution in [0.1, 0.15) is 67.5 Å². The highest BCUT2D eigenvalue weighted by molar-refractivity contribution is 5.69. The van der Waals surface area contributed by atoms with Crippen LogP contribution in [0.5, 0.6) is 11.5 Å². The number of phenolic OH excluding ortho intramolecular Hbond substituents is 2. The molecule has 0 aromatic heterocycles. The Morgan fingerprint density at radius 1 is 0.723 bits per heavy atom. The van der Waals surface area contributed by atoms with Crippen LogP contribution in [-0.4, -0.2) is 81.8 Å². The van der Waals surface area contributed by atoms with Crippen LogP contribution < -0.4 is 0 Å². The standard InChI is InChI=1S/C37H54O10/c1-24-13-28(14-25(2)31(24)39)9-10-30(38)43-18-36(7,8)34-46-21-37(22-47-34)19-44-33(45-20-37)35(5,6)17-42-23-41-12-11-29-15-26(3)32(40)27(4)16-29/h13-16,33-34,39-40H,9-12,17-23H2,1-8H3. The number of hydrogen-bond donors (Lipinski definition) is 2. The summed E-state index contributed by atoms with van der Waals surface area (Å²) in [6.45, 7) is 18.4. The van der Waals surface area contributed by atoms with Crippen molar-refractivity contribution in [2.24, 2.45) is 16.2 Å². The number of rotatable bonds is 14. The van der Waals surface area contributed by atoms with E-state index in [0.717, 1.165) is 39.8 Å². The van der Waals surface area contributed by atoms with Crippen molar-refractivity contribution < 1.29 is 48.2 Å². The number of esters is 1. The van der Waals surface area contributed by atoms with Gasteiger partial charge in [-0.05, 0) is 73.9 Å². The molecule has 0 atom stereocenters. The van der Waals surface area contributed by atoms with Crippen molar-refractivity contribution in [3.8, 4) is 11.5 Å². The van der Waals surface area contributed by atoms with Crippen molar-refractivity contribution in [3.63, 3.8) is 0 Å². The Morgan fingerprint density at radius 3 is 1.62 bits per heavy atom. The van der Waals surface area contributed by atoms with E-state index in [1.807, 2.05) is 79.7 Å². The predicted octanol–water partition coefficient (Wildman–Crippen LogP) is 5.83. The lowest BCUT2D eigenvalue weighted by Gasteiger charge is -2.48. The molecule has 0 amide bonds. The van der Waals surface area contributed by atoms with Crippen LogP contribution in [-0.2, 0) is 50.8 Å². The van der Waals surface area contributed by atoms with Gasteiger partial charge in [0, 0.05) is 17.3 Å². The zero-order chi connectivity index (χ0) is 34.4. The van der Waals surface area contributed by atoms with Gasteiger partial charge in [0.05, 0.1) is 45.1 Å². The molecule has 262 valence electrons. The molecule has 0 radical (unpaired) electrons. The quantitative estimate of drug-likeness (QED) is 0.146. The highest BCUT2D eigenvalue weighted by atomic mass is 16.7. The first-order chi connectivity index (χ1) is 22.1. The molecule has 10 heteroatoms. The number of benzene rings is 2. The van der Waals surface area contributed by atoms with Gasteiger partial charge in [-0.1, -0.05) is 52.0 Å².